The third-order valence-electron chi connectivity index (χ3n) is 4.70. The Morgan fingerprint density at radius 1 is 1.11 bits per heavy atom. The zero-order valence-electron chi connectivity index (χ0n) is 14.7. The number of thiophene rings is 1. The van der Waals surface area contributed by atoms with E-state index in [9.17, 15) is 4.79 Å². The Morgan fingerprint density at radius 3 is 2.64 bits per heavy atom. The lowest BCUT2D eigenvalue weighted by molar-refractivity contribution is 0.171. The van der Waals surface area contributed by atoms with Crippen LogP contribution in [0.5, 0.6) is 11.5 Å². The van der Waals surface area contributed by atoms with E-state index in [-0.39, 0.29) is 5.56 Å². The molecule has 0 saturated heterocycles. The van der Waals surface area contributed by atoms with Gasteiger partial charge in [-0.3, -0.25) is 9.36 Å². The van der Waals surface area contributed by atoms with Crippen molar-refractivity contribution in [2.45, 2.75) is 6.54 Å². The molecule has 5 nitrogen and oxygen atoms in total. The fraction of sp³-hybridized carbons (Fsp3) is 0.143. The van der Waals surface area contributed by atoms with Crippen molar-refractivity contribution >= 4 is 37.5 Å². The maximum atomic E-state index is 13.2. The van der Waals surface area contributed by atoms with Crippen molar-refractivity contribution < 1.29 is 9.47 Å². The fourth-order valence-corrected chi connectivity index (χ4v) is 4.68. The minimum absolute atomic E-state index is 0.0492. The zero-order chi connectivity index (χ0) is 19.1. The van der Waals surface area contributed by atoms with Gasteiger partial charge in [-0.2, -0.15) is 0 Å². The van der Waals surface area contributed by atoms with E-state index in [1.54, 1.807) is 10.9 Å². The molecule has 0 amide bonds. The summed E-state index contributed by atoms with van der Waals surface area (Å²) in [7, 11) is 0. The van der Waals surface area contributed by atoms with E-state index in [0.29, 0.717) is 36.6 Å². The Kier molecular flexibility index (Phi) is 4.41. The van der Waals surface area contributed by atoms with E-state index in [4.69, 9.17) is 9.47 Å². The summed E-state index contributed by atoms with van der Waals surface area (Å²) in [5.41, 5.74) is 2.83. The molecule has 0 radical (unpaired) electrons. The van der Waals surface area contributed by atoms with E-state index < -0.39 is 0 Å². The van der Waals surface area contributed by atoms with Crippen molar-refractivity contribution in [1.29, 1.82) is 0 Å². The Balaban J connectivity index is 1.59. The van der Waals surface area contributed by atoms with E-state index in [0.717, 1.165) is 26.0 Å². The van der Waals surface area contributed by atoms with Gasteiger partial charge < -0.3 is 9.47 Å². The normalized spacial score (nSPS) is 13.0. The lowest BCUT2D eigenvalue weighted by Crippen LogP contribution is -2.21. The lowest BCUT2D eigenvalue weighted by Gasteiger charge is -2.20. The molecule has 1 aliphatic rings. The summed E-state index contributed by atoms with van der Waals surface area (Å²) in [4.78, 5) is 18.5. The number of hydrogen-bond acceptors (Lipinski definition) is 5. The van der Waals surface area contributed by atoms with Crippen LogP contribution in [0.15, 0.2) is 63.4 Å². The SMILES string of the molecule is O=c1c2c(-c3ccccc3)csc2ncn1Cc1cc2c(cc1Br)OCCO2. The Bertz CT molecular complexity index is 1230. The average Bonchev–Trinajstić information content (AvgIpc) is 3.16. The van der Waals surface area contributed by atoms with Crippen molar-refractivity contribution in [3.05, 3.63) is 74.6 Å². The fourth-order valence-electron chi connectivity index (χ4n) is 3.32. The molecule has 0 unspecified atom stereocenters. The van der Waals surface area contributed by atoms with Crippen LogP contribution in [0.2, 0.25) is 0 Å². The van der Waals surface area contributed by atoms with E-state index >= 15 is 0 Å². The molecular formula is C21H15BrN2O3S. The maximum Gasteiger partial charge on any atom is 0.263 e. The summed E-state index contributed by atoms with van der Waals surface area (Å²) in [5.74, 6) is 1.42. The topological polar surface area (TPSA) is 53.4 Å². The van der Waals surface area contributed by atoms with Gasteiger partial charge in [-0.1, -0.05) is 46.3 Å². The summed E-state index contributed by atoms with van der Waals surface area (Å²) in [6, 6.07) is 13.7. The van der Waals surface area contributed by atoms with Crippen LogP contribution < -0.4 is 15.0 Å². The number of nitrogens with zero attached hydrogens (tertiary/aromatic N) is 2. The molecule has 0 atom stereocenters. The molecule has 2 aromatic heterocycles. The van der Waals surface area contributed by atoms with Crippen LogP contribution in [0.3, 0.4) is 0 Å². The highest BCUT2D eigenvalue weighted by atomic mass is 79.9. The van der Waals surface area contributed by atoms with Gasteiger partial charge in [0.25, 0.3) is 5.56 Å². The second-order valence-electron chi connectivity index (χ2n) is 6.46. The monoisotopic (exact) mass is 454 g/mol. The van der Waals surface area contributed by atoms with Gasteiger partial charge in [0, 0.05) is 15.4 Å². The standard InChI is InChI=1S/C21H15BrN2O3S/c22-16-9-18-17(26-6-7-27-18)8-14(16)10-24-12-23-20-19(21(24)25)15(11-28-20)13-4-2-1-3-5-13/h1-5,8-9,11-12H,6-7,10H2. The molecule has 5 rings (SSSR count). The van der Waals surface area contributed by atoms with Gasteiger partial charge in [-0.25, -0.2) is 4.98 Å². The molecule has 0 spiro atoms. The smallest absolute Gasteiger partial charge is 0.263 e. The molecule has 0 aliphatic carbocycles. The molecule has 28 heavy (non-hydrogen) atoms. The van der Waals surface area contributed by atoms with Crippen molar-refractivity contribution in [2.75, 3.05) is 13.2 Å². The molecule has 0 fully saturated rings. The van der Waals surface area contributed by atoms with Gasteiger partial charge in [0.05, 0.1) is 18.3 Å². The lowest BCUT2D eigenvalue weighted by atomic mass is 10.1. The average molecular weight is 455 g/mol. The quantitative estimate of drug-likeness (QED) is 0.449. The minimum Gasteiger partial charge on any atom is -0.486 e. The van der Waals surface area contributed by atoms with Gasteiger partial charge in [0.15, 0.2) is 11.5 Å². The van der Waals surface area contributed by atoms with Gasteiger partial charge in [0.1, 0.15) is 18.0 Å². The van der Waals surface area contributed by atoms with Gasteiger partial charge in [-0.15, -0.1) is 11.3 Å². The van der Waals surface area contributed by atoms with Crippen LogP contribution in [-0.4, -0.2) is 22.8 Å². The minimum atomic E-state index is -0.0492. The van der Waals surface area contributed by atoms with Crippen molar-refractivity contribution in [3.8, 4) is 22.6 Å². The number of rotatable bonds is 3. The molecular weight excluding hydrogens is 440 g/mol. The molecule has 140 valence electrons. The summed E-state index contributed by atoms with van der Waals surface area (Å²) in [5, 5.41) is 2.66. The number of halogens is 1. The summed E-state index contributed by atoms with van der Waals surface area (Å²) >= 11 is 5.07. The maximum absolute atomic E-state index is 13.2. The number of ether oxygens (including phenoxy) is 2. The first-order chi connectivity index (χ1) is 13.7. The van der Waals surface area contributed by atoms with Gasteiger partial charge >= 0.3 is 0 Å². The van der Waals surface area contributed by atoms with Crippen molar-refractivity contribution in [1.82, 2.24) is 9.55 Å². The summed E-state index contributed by atoms with van der Waals surface area (Å²) < 4.78 is 13.8. The zero-order valence-corrected chi connectivity index (χ0v) is 17.1. The van der Waals surface area contributed by atoms with Gasteiger partial charge in [-0.05, 0) is 23.3 Å². The second kappa shape index (κ2) is 7.07. The van der Waals surface area contributed by atoms with E-state index in [1.165, 1.54) is 11.3 Å². The van der Waals surface area contributed by atoms with Crippen LogP contribution in [0, 0.1) is 0 Å². The predicted octanol–water partition coefficient (Wildman–Crippen LogP) is 4.71. The van der Waals surface area contributed by atoms with E-state index in [2.05, 4.69) is 20.9 Å². The second-order valence-corrected chi connectivity index (χ2v) is 8.17. The van der Waals surface area contributed by atoms with Gasteiger partial charge in [0.2, 0.25) is 0 Å². The third-order valence-corrected chi connectivity index (χ3v) is 6.32. The summed E-state index contributed by atoms with van der Waals surface area (Å²) in [6.45, 7) is 1.46. The molecule has 3 heterocycles. The van der Waals surface area contributed by atoms with Crippen LogP contribution in [0.25, 0.3) is 21.3 Å². The van der Waals surface area contributed by atoms with Crippen molar-refractivity contribution in [2.24, 2.45) is 0 Å². The van der Waals surface area contributed by atoms with Crippen LogP contribution in [0.4, 0.5) is 0 Å². The first-order valence-electron chi connectivity index (χ1n) is 8.81. The molecule has 4 aromatic rings. The number of benzene rings is 2. The van der Waals surface area contributed by atoms with Crippen LogP contribution in [0.1, 0.15) is 5.56 Å². The molecule has 1 aliphatic heterocycles. The molecule has 0 bridgehead atoms. The summed E-state index contributed by atoms with van der Waals surface area (Å²) in [6.07, 6.45) is 1.61. The van der Waals surface area contributed by atoms with E-state index in [1.807, 2.05) is 47.8 Å². The molecule has 0 saturated carbocycles. The first-order valence-corrected chi connectivity index (χ1v) is 10.5. The largest absolute Gasteiger partial charge is 0.486 e. The molecule has 2 aromatic carbocycles. The van der Waals surface area contributed by atoms with Crippen molar-refractivity contribution in [3.63, 3.8) is 0 Å². The predicted molar refractivity (Wildman–Crippen MR) is 114 cm³/mol. The first kappa shape index (κ1) is 17.5. The van der Waals surface area contributed by atoms with Crippen LogP contribution in [-0.2, 0) is 6.54 Å². The molecule has 7 heteroatoms. The Labute approximate surface area is 173 Å². The highest BCUT2D eigenvalue weighted by Gasteiger charge is 2.17. The Hall–Kier alpha value is -2.64. The number of aromatic nitrogens is 2. The highest BCUT2D eigenvalue weighted by Crippen LogP contribution is 2.36. The number of hydrogen-bond donors (Lipinski definition) is 0. The Morgan fingerprint density at radius 2 is 1.86 bits per heavy atom. The van der Waals surface area contributed by atoms with Crippen LogP contribution >= 0.6 is 27.3 Å². The third kappa shape index (κ3) is 3.00. The highest BCUT2D eigenvalue weighted by molar-refractivity contribution is 9.10. The number of fused-ring (bicyclic) bond motifs is 2. The molecule has 0 N–H and O–H groups in total.